The minimum absolute atomic E-state index is 0.122. The molecular formula is C38H47N5O2. The third kappa shape index (κ3) is 6.32. The number of carbonyl (C=O) groups excluding carboxylic acids is 1. The van der Waals surface area contributed by atoms with E-state index in [-0.39, 0.29) is 12.5 Å². The number of fused-ring (bicyclic) bond motifs is 8. The van der Waals surface area contributed by atoms with Crippen LogP contribution in [0.5, 0.6) is 0 Å². The van der Waals surface area contributed by atoms with Crippen molar-refractivity contribution in [3.05, 3.63) is 81.9 Å². The van der Waals surface area contributed by atoms with Gasteiger partial charge in [0.15, 0.2) is 0 Å². The first-order valence-corrected chi connectivity index (χ1v) is 16.2. The molecule has 3 aromatic heterocycles. The third-order valence-electron chi connectivity index (χ3n) is 9.49. The molecule has 5 heterocycles. The van der Waals surface area contributed by atoms with Crippen LogP contribution >= 0.6 is 0 Å². The molecule has 0 saturated carbocycles. The normalized spacial score (nSPS) is 13.2. The highest BCUT2D eigenvalue weighted by molar-refractivity contribution is 5.98. The predicted molar refractivity (Wildman–Crippen MR) is 188 cm³/mol. The maximum atomic E-state index is 13.1. The van der Waals surface area contributed by atoms with Crippen LogP contribution in [0.2, 0.25) is 0 Å². The number of rotatable bonds is 10. The highest BCUT2D eigenvalue weighted by atomic mass is 16.3. The molecule has 0 spiro atoms. The zero-order valence-corrected chi connectivity index (χ0v) is 27.9. The molecule has 2 aliphatic heterocycles. The topological polar surface area (TPSA) is 97.9 Å². The molecule has 0 radical (unpaired) electrons. The first-order chi connectivity index (χ1) is 21.6. The monoisotopic (exact) mass is 605 g/mol. The van der Waals surface area contributed by atoms with Crippen molar-refractivity contribution in [2.24, 2.45) is 0 Å². The number of aromatic amines is 2. The van der Waals surface area contributed by atoms with Gasteiger partial charge >= 0.3 is 0 Å². The fraction of sp³-hybridized carbons (Fsp3) is 0.395. The minimum Gasteiger partial charge on any atom is -0.396 e. The summed E-state index contributed by atoms with van der Waals surface area (Å²) in [5.74, 6) is 0.122. The molecule has 45 heavy (non-hydrogen) atoms. The number of amides is 1. The van der Waals surface area contributed by atoms with Crippen LogP contribution in [-0.4, -0.2) is 56.0 Å². The lowest BCUT2D eigenvalue weighted by molar-refractivity contribution is -0.129. The van der Waals surface area contributed by atoms with Crippen LogP contribution in [0.4, 0.5) is 0 Å². The SMILES string of the molecule is C=CC1=C(C)c2cc3nc(c(C)c4cc(C)c(cc5[nH]c(cc1n2)c(C)c5CC)[nH]4)C(CCC(=O)N(C)CCCCCO)=C3C. The summed E-state index contributed by atoms with van der Waals surface area (Å²) < 4.78 is 0. The summed E-state index contributed by atoms with van der Waals surface area (Å²) in [4.78, 5) is 32.6. The molecule has 8 bridgehead atoms. The molecule has 3 aromatic rings. The number of hydrogen-bond donors (Lipinski definition) is 3. The number of carbonyl (C=O) groups is 1. The van der Waals surface area contributed by atoms with Gasteiger partial charge < -0.3 is 20.0 Å². The van der Waals surface area contributed by atoms with E-state index in [1.54, 1.807) is 0 Å². The summed E-state index contributed by atoms with van der Waals surface area (Å²) >= 11 is 0. The summed E-state index contributed by atoms with van der Waals surface area (Å²) in [6.07, 6.45) is 6.40. The van der Waals surface area contributed by atoms with Crippen LogP contribution in [-0.2, 0) is 11.2 Å². The van der Waals surface area contributed by atoms with Crippen molar-refractivity contribution in [2.45, 2.75) is 80.1 Å². The Bertz CT molecular complexity index is 1890. The molecule has 0 aromatic carbocycles. The number of nitrogens with one attached hydrogen (secondary N) is 2. The van der Waals surface area contributed by atoms with Crippen LogP contribution in [0, 0.1) is 20.8 Å². The van der Waals surface area contributed by atoms with Crippen LogP contribution in [0.1, 0.15) is 97.9 Å². The molecular weight excluding hydrogens is 558 g/mol. The van der Waals surface area contributed by atoms with Gasteiger partial charge in [0.1, 0.15) is 0 Å². The maximum Gasteiger partial charge on any atom is 0.222 e. The molecule has 7 heteroatoms. The Morgan fingerprint density at radius 1 is 0.867 bits per heavy atom. The van der Waals surface area contributed by atoms with Crippen LogP contribution < -0.4 is 0 Å². The van der Waals surface area contributed by atoms with Crippen molar-refractivity contribution in [3.8, 4) is 0 Å². The average Bonchev–Trinajstić information content (AvgIpc) is 3.72. The van der Waals surface area contributed by atoms with E-state index < -0.39 is 0 Å². The third-order valence-corrected chi connectivity index (χ3v) is 9.49. The standard InChI is InChI=1S/C38H47N5O2/c1-9-27-24(5)33-21-36-28(10-2)23(4)32(40-36)20-34-25(6)29(14-15-37(45)43(8)16-12-11-13-17-44)38(42-34)26(7)31-18-22(3)30(39-31)19-35(27)41-33/h10,18-21,39,41,44H,2,9,11-17H2,1,3-8H3. The van der Waals surface area contributed by atoms with Crippen molar-refractivity contribution >= 4 is 50.3 Å². The Morgan fingerprint density at radius 3 is 2.29 bits per heavy atom. The van der Waals surface area contributed by atoms with Gasteiger partial charge in [-0.25, -0.2) is 9.97 Å². The molecule has 236 valence electrons. The van der Waals surface area contributed by atoms with Crippen LogP contribution in [0.25, 0.3) is 44.4 Å². The number of allylic oxidation sites excluding steroid dienone is 5. The van der Waals surface area contributed by atoms with E-state index in [2.05, 4.69) is 82.4 Å². The van der Waals surface area contributed by atoms with Gasteiger partial charge in [-0.2, -0.15) is 0 Å². The fourth-order valence-corrected chi connectivity index (χ4v) is 6.52. The lowest BCUT2D eigenvalue weighted by atomic mass is 9.98. The van der Waals surface area contributed by atoms with Gasteiger partial charge in [0, 0.05) is 54.3 Å². The van der Waals surface area contributed by atoms with Crippen molar-refractivity contribution in [1.82, 2.24) is 24.8 Å². The van der Waals surface area contributed by atoms with E-state index in [0.717, 1.165) is 104 Å². The molecule has 0 saturated heterocycles. The summed E-state index contributed by atoms with van der Waals surface area (Å²) in [6.45, 7) is 17.8. The second-order valence-corrected chi connectivity index (χ2v) is 12.4. The Hall–Kier alpha value is -4.23. The molecule has 2 aliphatic rings. The molecule has 0 fully saturated rings. The Labute approximate surface area is 266 Å². The first-order valence-electron chi connectivity index (χ1n) is 16.2. The van der Waals surface area contributed by atoms with Gasteiger partial charge in [-0.05, 0) is 130 Å². The van der Waals surface area contributed by atoms with Gasteiger partial charge in [0.25, 0.3) is 0 Å². The molecule has 0 aliphatic carbocycles. The number of aliphatic hydroxyl groups is 1. The quantitative estimate of drug-likeness (QED) is 0.203. The summed E-state index contributed by atoms with van der Waals surface area (Å²) in [5, 5.41) is 9.07. The lowest BCUT2D eigenvalue weighted by Gasteiger charge is -2.17. The van der Waals surface area contributed by atoms with Crippen molar-refractivity contribution in [1.29, 1.82) is 0 Å². The minimum atomic E-state index is 0.122. The number of aryl methyl sites for hydroxylation is 4. The van der Waals surface area contributed by atoms with Gasteiger partial charge in [0.05, 0.1) is 22.8 Å². The lowest BCUT2D eigenvalue weighted by Crippen LogP contribution is -2.27. The molecule has 0 unspecified atom stereocenters. The number of hydrogen-bond acceptors (Lipinski definition) is 4. The van der Waals surface area contributed by atoms with E-state index in [9.17, 15) is 4.79 Å². The van der Waals surface area contributed by atoms with E-state index in [1.165, 1.54) is 11.1 Å². The second-order valence-electron chi connectivity index (χ2n) is 12.4. The summed E-state index contributed by atoms with van der Waals surface area (Å²) in [7, 11) is 1.87. The average molecular weight is 606 g/mol. The molecule has 5 rings (SSSR count). The van der Waals surface area contributed by atoms with Crippen molar-refractivity contribution < 1.29 is 9.90 Å². The maximum absolute atomic E-state index is 13.1. The number of nitrogens with zero attached hydrogens (tertiary/aromatic N) is 3. The number of H-pyrrole nitrogens is 2. The predicted octanol–water partition coefficient (Wildman–Crippen LogP) is 8.25. The van der Waals surface area contributed by atoms with E-state index in [0.29, 0.717) is 19.4 Å². The van der Waals surface area contributed by atoms with E-state index in [4.69, 9.17) is 15.1 Å². The fourth-order valence-electron chi connectivity index (χ4n) is 6.52. The van der Waals surface area contributed by atoms with Crippen LogP contribution in [0.3, 0.4) is 0 Å². The Balaban J connectivity index is 1.70. The van der Waals surface area contributed by atoms with Crippen LogP contribution in [0.15, 0.2) is 36.9 Å². The number of aromatic nitrogens is 4. The smallest absolute Gasteiger partial charge is 0.222 e. The van der Waals surface area contributed by atoms with Gasteiger partial charge in [-0.1, -0.05) is 19.6 Å². The van der Waals surface area contributed by atoms with Crippen molar-refractivity contribution in [2.75, 3.05) is 20.2 Å². The molecule has 1 amide bonds. The zero-order valence-electron chi connectivity index (χ0n) is 27.9. The highest BCUT2D eigenvalue weighted by Gasteiger charge is 2.23. The zero-order chi connectivity index (χ0) is 32.4. The number of unbranched alkanes of at least 4 members (excludes halogenated alkanes) is 2. The Kier molecular flexibility index (Phi) is 9.59. The molecule has 3 N–H and O–H groups in total. The van der Waals surface area contributed by atoms with Gasteiger partial charge in [-0.15, -0.1) is 0 Å². The summed E-state index contributed by atoms with van der Waals surface area (Å²) in [5.41, 5.74) is 16.8. The van der Waals surface area contributed by atoms with Gasteiger partial charge in [-0.3, -0.25) is 4.79 Å². The summed E-state index contributed by atoms with van der Waals surface area (Å²) in [6, 6.07) is 8.63. The van der Waals surface area contributed by atoms with Gasteiger partial charge in [0.2, 0.25) is 5.91 Å². The Morgan fingerprint density at radius 2 is 1.58 bits per heavy atom. The number of aliphatic hydroxyl groups excluding tert-OH is 1. The first kappa shape index (κ1) is 32.2. The van der Waals surface area contributed by atoms with Crippen molar-refractivity contribution in [3.63, 3.8) is 0 Å². The van der Waals surface area contributed by atoms with E-state index in [1.807, 2.05) is 18.0 Å². The van der Waals surface area contributed by atoms with E-state index >= 15 is 0 Å². The highest BCUT2D eigenvalue weighted by Crippen LogP contribution is 2.38. The second kappa shape index (κ2) is 13.4. The molecule has 0 atom stereocenters. The molecule has 7 nitrogen and oxygen atoms in total. The largest absolute Gasteiger partial charge is 0.396 e.